The molecule has 0 radical (unpaired) electrons. The zero-order chi connectivity index (χ0) is 12.6. The van der Waals surface area contributed by atoms with Crippen LogP contribution in [-0.2, 0) is 0 Å². The molecular weight excluding hydrogens is 224 g/mol. The van der Waals surface area contributed by atoms with Gasteiger partial charge in [-0.05, 0) is 62.9 Å². The number of nitrogens with zero attached hydrogens (tertiary/aromatic N) is 1. The summed E-state index contributed by atoms with van der Waals surface area (Å²) in [5, 5.41) is 9.37. The number of likely N-dealkylation sites (tertiary alicyclic amines) is 1. The van der Waals surface area contributed by atoms with Gasteiger partial charge in [0.25, 0.3) is 0 Å². The highest BCUT2D eigenvalue weighted by molar-refractivity contribution is 5.31. The maximum absolute atomic E-state index is 9.37. The van der Waals surface area contributed by atoms with Crippen molar-refractivity contribution in [3.63, 3.8) is 0 Å². The monoisotopic (exact) mass is 246 g/mol. The number of phenolic OH excluding ortho intramolecular Hbond substituents is 1. The van der Waals surface area contributed by atoms with Crippen molar-refractivity contribution in [2.45, 2.75) is 43.7 Å². The van der Waals surface area contributed by atoms with Crippen LogP contribution in [0.4, 0.5) is 0 Å². The molecule has 1 aromatic rings. The lowest BCUT2D eigenvalue weighted by molar-refractivity contribution is 0.0109. The molecule has 98 valence electrons. The third-order valence-electron chi connectivity index (χ3n) is 4.79. The minimum Gasteiger partial charge on any atom is -0.508 e. The fraction of sp³-hybridized carbons (Fsp3) is 0.600. The summed E-state index contributed by atoms with van der Waals surface area (Å²) in [7, 11) is 0. The lowest BCUT2D eigenvalue weighted by Crippen LogP contribution is -2.58. The van der Waals surface area contributed by atoms with Crippen molar-refractivity contribution >= 4 is 0 Å². The second-order valence-electron chi connectivity index (χ2n) is 5.72. The van der Waals surface area contributed by atoms with Gasteiger partial charge in [0.05, 0.1) is 0 Å². The molecule has 3 nitrogen and oxygen atoms in total. The van der Waals surface area contributed by atoms with Crippen LogP contribution in [-0.4, -0.2) is 28.6 Å². The molecule has 3 rings (SSSR count). The number of benzene rings is 1. The first-order chi connectivity index (χ1) is 8.72. The van der Waals surface area contributed by atoms with Gasteiger partial charge in [-0.1, -0.05) is 12.1 Å². The minimum absolute atomic E-state index is 0.0740. The lowest BCUT2D eigenvalue weighted by atomic mass is 9.68. The molecule has 1 unspecified atom stereocenters. The second kappa shape index (κ2) is 4.56. The minimum atomic E-state index is 0.0740. The van der Waals surface area contributed by atoms with E-state index in [0.717, 1.165) is 5.56 Å². The molecule has 1 heterocycles. The third kappa shape index (κ3) is 1.82. The lowest BCUT2D eigenvalue weighted by Gasteiger charge is -2.52. The quantitative estimate of drug-likeness (QED) is 0.861. The third-order valence-corrected chi connectivity index (χ3v) is 4.79. The van der Waals surface area contributed by atoms with Crippen LogP contribution in [0.25, 0.3) is 0 Å². The number of phenols is 1. The molecule has 0 amide bonds. The zero-order valence-corrected chi connectivity index (χ0v) is 10.8. The van der Waals surface area contributed by atoms with Gasteiger partial charge in [0.15, 0.2) is 0 Å². The first-order valence-electron chi connectivity index (χ1n) is 7.02. The Kier molecular flexibility index (Phi) is 3.04. The molecule has 1 aliphatic heterocycles. The van der Waals surface area contributed by atoms with E-state index in [1.54, 1.807) is 12.1 Å². The number of rotatable bonds is 3. The number of aromatic hydroxyl groups is 1. The highest BCUT2D eigenvalue weighted by atomic mass is 16.3. The van der Waals surface area contributed by atoms with Crippen LogP contribution in [0.2, 0.25) is 0 Å². The van der Waals surface area contributed by atoms with Gasteiger partial charge in [-0.3, -0.25) is 4.90 Å². The molecule has 2 aliphatic rings. The van der Waals surface area contributed by atoms with Gasteiger partial charge in [-0.15, -0.1) is 0 Å². The zero-order valence-electron chi connectivity index (χ0n) is 10.8. The van der Waals surface area contributed by atoms with Crippen molar-refractivity contribution < 1.29 is 5.11 Å². The predicted octanol–water partition coefficient (Wildman–Crippen LogP) is 2.41. The van der Waals surface area contributed by atoms with Gasteiger partial charge < -0.3 is 10.8 Å². The molecule has 1 saturated carbocycles. The van der Waals surface area contributed by atoms with E-state index in [1.165, 1.54) is 45.2 Å². The number of hydrogen-bond donors (Lipinski definition) is 2. The largest absolute Gasteiger partial charge is 0.508 e. The average molecular weight is 246 g/mol. The Balaban J connectivity index is 1.84. The van der Waals surface area contributed by atoms with E-state index in [9.17, 15) is 5.11 Å². The van der Waals surface area contributed by atoms with E-state index >= 15 is 0 Å². The molecule has 0 spiro atoms. The summed E-state index contributed by atoms with van der Waals surface area (Å²) in [5.41, 5.74) is 7.88. The summed E-state index contributed by atoms with van der Waals surface area (Å²) in [6.07, 6.45) is 6.35. The Morgan fingerprint density at radius 3 is 2.17 bits per heavy atom. The highest BCUT2D eigenvalue weighted by Crippen LogP contribution is 2.47. The van der Waals surface area contributed by atoms with E-state index in [1.807, 2.05) is 12.1 Å². The molecule has 0 bridgehead atoms. The van der Waals surface area contributed by atoms with Crippen molar-refractivity contribution in [2.24, 2.45) is 5.73 Å². The average Bonchev–Trinajstić information content (AvgIpc) is 2.82. The van der Waals surface area contributed by atoms with Gasteiger partial charge in [0.2, 0.25) is 0 Å². The Bertz CT molecular complexity index is 405. The topological polar surface area (TPSA) is 49.5 Å². The SMILES string of the molecule is NC(c1ccc(O)cc1)C1(N2CCCC2)CCC1. The Hall–Kier alpha value is -1.06. The fourth-order valence-corrected chi connectivity index (χ4v) is 3.52. The molecule has 0 aromatic heterocycles. The van der Waals surface area contributed by atoms with Gasteiger partial charge >= 0.3 is 0 Å². The molecule has 3 N–H and O–H groups in total. The van der Waals surface area contributed by atoms with Crippen LogP contribution in [0.3, 0.4) is 0 Å². The van der Waals surface area contributed by atoms with Crippen LogP contribution in [0.5, 0.6) is 5.75 Å². The maximum atomic E-state index is 9.37. The van der Waals surface area contributed by atoms with Gasteiger partial charge in [-0.25, -0.2) is 0 Å². The molecule has 1 atom stereocenters. The molecule has 18 heavy (non-hydrogen) atoms. The van der Waals surface area contributed by atoms with Crippen molar-refractivity contribution in [2.75, 3.05) is 13.1 Å². The molecule has 2 fully saturated rings. The fourth-order valence-electron chi connectivity index (χ4n) is 3.52. The summed E-state index contributed by atoms with van der Waals surface area (Å²) >= 11 is 0. The summed E-state index contributed by atoms with van der Waals surface area (Å²) in [6.45, 7) is 2.40. The normalized spacial score (nSPS) is 24.7. The Labute approximate surface area is 109 Å². The second-order valence-corrected chi connectivity index (χ2v) is 5.72. The maximum Gasteiger partial charge on any atom is 0.115 e. The van der Waals surface area contributed by atoms with Crippen LogP contribution in [0, 0.1) is 0 Å². The molecule has 3 heteroatoms. The van der Waals surface area contributed by atoms with E-state index in [-0.39, 0.29) is 11.6 Å². The first kappa shape index (κ1) is 12.0. The van der Waals surface area contributed by atoms with Crippen LogP contribution < -0.4 is 5.73 Å². The van der Waals surface area contributed by atoms with Crippen LogP contribution in [0.15, 0.2) is 24.3 Å². The number of nitrogens with two attached hydrogens (primary N) is 1. The standard InChI is InChI=1S/C15H22N2O/c16-14(12-4-6-13(18)7-5-12)15(8-3-9-15)17-10-1-2-11-17/h4-7,14,18H,1-3,8-11,16H2. The van der Waals surface area contributed by atoms with Crippen molar-refractivity contribution in [3.8, 4) is 5.75 Å². The van der Waals surface area contributed by atoms with E-state index in [2.05, 4.69) is 4.90 Å². The van der Waals surface area contributed by atoms with Crippen molar-refractivity contribution in [1.82, 2.24) is 4.90 Å². The van der Waals surface area contributed by atoms with E-state index < -0.39 is 0 Å². The summed E-state index contributed by atoms with van der Waals surface area (Å²) in [5.74, 6) is 0.315. The van der Waals surface area contributed by atoms with E-state index in [4.69, 9.17) is 5.73 Å². The first-order valence-corrected chi connectivity index (χ1v) is 7.02. The molecule has 1 aliphatic carbocycles. The molecule has 1 saturated heterocycles. The van der Waals surface area contributed by atoms with E-state index in [0.29, 0.717) is 5.75 Å². The summed E-state index contributed by atoms with van der Waals surface area (Å²) < 4.78 is 0. The highest BCUT2D eigenvalue weighted by Gasteiger charge is 2.48. The van der Waals surface area contributed by atoms with Gasteiger partial charge in [0.1, 0.15) is 5.75 Å². The van der Waals surface area contributed by atoms with Crippen molar-refractivity contribution in [3.05, 3.63) is 29.8 Å². The summed E-state index contributed by atoms with van der Waals surface area (Å²) in [4.78, 5) is 2.61. The number of hydrogen-bond acceptors (Lipinski definition) is 3. The van der Waals surface area contributed by atoms with Crippen LogP contribution in [0.1, 0.15) is 43.7 Å². The summed E-state index contributed by atoms with van der Waals surface area (Å²) in [6, 6.07) is 7.49. The van der Waals surface area contributed by atoms with Crippen molar-refractivity contribution in [1.29, 1.82) is 0 Å². The van der Waals surface area contributed by atoms with Crippen LogP contribution >= 0.6 is 0 Å². The molecule has 1 aromatic carbocycles. The Morgan fingerprint density at radius 1 is 1.06 bits per heavy atom. The van der Waals surface area contributed by atoms with Gasteiger partial charge in [-0.2, -0.15) is 0 Å². The molecular formula is C15H22N2O. The Morgan fingerprint density at radius 2 is 1.67 bits per heavy atom. The predicted molar refractivity (Wildman–Crippen MR) is 72.4 cm³/mol. The van der Waals surface area contributed by atoms with Gasteiger partial charge in [0, 0.05) is 11.6 Å². The smallest absolute Gasteiger partial charge is 0.115 e.